The molecule has 0 radical (unpaired) electrons. The number of oxime groups is 1. The second-order valence-corrected chi connectivity index (χ2v) is 5.15. The van der Waals surface area contributed by atoms with Crippen LogP contribution in [-0.2, 0) is 11.3 Å². The van der Waals surface area contributed by atoms with Crippen LogP contribution in [0.25, 0.3) is 0 Å². The Morgan fingerprint density at radius 2 is 2.54 bits per heavy atom. The van der Waals surface area contributed by atoms with Gasteiger partial charge in [0, 0.05) is 17.5 Å². The minimum absolute atomic E-state index is 0.596. The molecule has 2 nitrogen and oxygen atoms in total. The highest BCUT2D eigenvalue weighted by atomic mass is 79.9. The Morgan fingerprint density at radius 3 is 3.08 bits per heavy atom. The van der Waals surface area contributed by atoms with Gasteiger partial charge in [0.05, 0.1) is 8.81 Å². The van der Waals surface area contributed by atoms with Gasteiger partial charge >= 0.3 is 0 Å². The molecule has 1 heterocycles. The van der Waals surface area contributed by atoms with Crippen LogP contribution >= 0.6 is 38.9 Å². The average molecular weight is 283 g/mol. The van der Waals surface area contributed by atoms with Crippen molar-refractivity contribution in [1.82, 2.24) is 0 Å². The third-order valence-electron chi connectivity index (χ3n) is 1.28. The van der Waals surface area contributed by atoms with Crippen molar-refractivity contribution >= 4 is 45.1 Å². The SMILES string of the molecule is CCON=CCc1sc(Br)cc1Cl. The highest BCUT2D eigenvalue weighted by Crippen LogP contribution is 2.30. The molecular weight excluding hydrogens is 274 g/mol. The maximum Gasteiger partial charge on any atom is 0.114 e. The van der Waals surface area contributed by atoms with Gasteiger partial charge in [0.1, 0.15) is 6.61 Å². The summed E-state index contributed by atoms with van der Waals surface area (Å²) >= 11 is 10.9. The standard InChI is InChI=1S/C8H9BrClNOS/c1-2-12-11-4-3-7-6(10)5-8(9)13-7/h4-5H,2-3H2,1H3. The molecule has 0 aliphatic carbocycles. The minimum atomic E-state index is 0.596. The van der Waals surface area contributed by atoms with Crippen molar-refractivity contribution in [2.24, 2.45) is 5.16 Å². The summed E-state index contributed by atoms with van der Waals surface area (Å²) in [6.07, 6.45) is 2.43. The van der Waals surface area contributed by atoms with Crippen LogP contribution in [0.1, 0.15) is 11.8 Å². The van der Waals surface area contributed by atoms with Gasteiger partial charge in [-0.2, -0.15) is 0 Å². The first-order chi connectivity index (χ1) is 6.24. The van der Waals surface area contributed by atoms with Gasteiger partial charge in [-0.05, 0) is 28.9 Å². The molecule has 0 aliphatic heterocycles. The Balaban J connectivity index is 2.49. The first-order valence-corrected chi connectivity index (χ1v) is 5.80. The van der Waals surface area contributed by atoms with Crippen LogP contribution in [0, 0.1) is 0 Å². The van der Waals surface area contributed by atoms with Crippen LogP contribution in [0.5, 0.6) is 0 Å². The highest BCUT2D eigenvalue weighted by molar-refractivity contribution is 9.11. The van der Waals surface area contributed by atoms with E-state index in [0.717, 1.165) is 20.1 Å². The fourth-order valence-electron chi connectivity index (χ4n) is 0.763. The molecule has 0 fully saturated rings. The molecule has 0 unspecified atom stereocenters. The summed E-state index contributed by atoms with van der Waals surface area (Å²) in [5.41, 5.74) is 0. The van der Waals surface area contributed by atoms with Crippen molar-refractivity contribution in [2.45, 2.75) is 13.3 Å². The van der Waals surface area contributed by atoms with Crippen molar-refractivity contribution in [2.75, 3.05) is 6.61 Å². The van der Waals surface area contributed by atoms with Gasteiger partial charge in [-0.15, -0.1) is 11.3 Å². The van der Waals surface area contributed by atoms with Gasteiger partial charge in [0.2, 0.25) is 0 Å². The molecule has 0 aliphatic rings. The maximum atomic E-state index is 5.94. The third-order valence-corrected chi connectivity index (χ3v) is 3.39. The summed E-state index contributed by atoms with van der Waals surface area (Å²) in [7, 11) is 0. The van der Waals surface area contributed by atoms with Crippen LogP contribution in [0.2, 0.25) is 5.02 Å². The molecule has 0 N–H and O–H groups in total. The van der Waals surface area contributed by atoms with Gasteiger partial charge in [0.25, 0.3) is 0 Å². The zero-order valence-corrected chi connectivity index (χ0v) is 10.2. The Morgan fingerprint density at radius 1 is 1.77 bits per heavy atom. The van der Waals surface area contributed by atoms with E-state index in [1.807, 2.05) is 13.0 Å². The van der Waals surface area contributed by atoms with Crippen molar-refractivity contribution in [3.8, 4) is 0 Å². The topological polar surface area (TPSA) is 21.6 Å². The summed E-state index contributed by atoms with van der Waals surface area (Å²) in [4.78, 5) is 5.92. The Hall–Kier alpha value is -0.0600. The zero-order chi connectivity index (χ0) is 9.68. The Labute approximate surface area is 94.7 Å². The molecule has 0 amide bonds. The average Bonchev–Trinajstić information content (AvgIpc) is 2.39. The van der Waals surface area contributed by atoms with Crippen molar-refractivity contribution < 1.29 is 4.84 Å². The van der Waals surface area contributed by atoms with Crippen LogP contribution in [-0.4, -0.2) is 12.8 Å². The second-order valence-electron chi connectivity index (χ2n) is 2.23. The summed E-state index contributed by atoms with van der Waals surface area (Å²) in [5.74, 6) is 0. The molecule has 0 saturated carbocycles. The molecular formula is C8H9BrClNOS. The van der Waals surface area contributed by atoms with Crippen LogP contribution in [0.15, 0.2) is 15.0 Å². The van der Waals surface area contributed by atoms with Gasteiger partial charge in [-0.25, -0.2) is 0 Å². The second kappa shape index (κ2) is 5.62. The van der Waals surface area contributed by atoms with E-state index >= 15 is 0 Å². The lowest BCUT2D eigenvalue weighted by Gasteiger charge is -1.91. The van der Waals surface area contributed by atoms with Crippen molar-refractivity contribution in [3.63, 3.8) is 0 Å². The number of hydrogen-bond acceptors (Lipinski definition) is 3. The smallest absolute Gasteiger partial charge is 0.114 e. The minimum Gasteiger partial charge on any atom is -0.396 e. The molecule has 1 aromatic rings. The summed E-state index contributed by atoms with van der Waals surface area (Å²) in [5, 5.41) is 4.52. The van der Waals surface area contributed by atoms with Crippen LogP contribution in [0.4, 0.5) is 0 Å². The zero-order valence-electron chi connectivity index (χ0n) is 7.09. The molecule has 0 bridgehead atoms. The monoisotopic (exact) mass is 281 g/mol. The van der Waals surface area contributed by atoms with Crippen LogP contribution < -0.4 is 0 Å². The van der Waals surface area contributed by atoms with E-state index in [1.54, 1.807) is 17.6 Å². The largest absolute Gasteiger partial charge is 0.396 e. The lowest BCUT2D eigenvalue weighted by Crippen LogP contribution is -1.85. The molecule has 1 rings (SSSR count). The lowest BCUT2D eigenvalue weighted by molar-refractivity contribution is 0.160. The Kier molecular flexibility index (Phi) is 4.77. The van der Waals surface area contributed by atoms with E-state index in [2.05, 4.69) is 21.1 Å². The normalized spacial score (nSPS) is 11.0. The molecule has 72 valence electrons. The number of halogens is 2. The predicted octanol–water partition coefficient (Wildman–Crippen LogP) is 3.73. The highest BCUT2D eigenvalue weighted by Gasteiger charge is 2.03. The molecule has 0 spiro atoms. The quantitative estimate of drug-likeness (QED) is 0.609. The number of rotatable bonds is 4. The fraction of sp³-hybridized carbons (Fsp3) is 0.375. The third kappa shape index (κ3) is 3.67. The van der Waals surface area contributed by atoms with Gasteiger partial charge in [-0.1, -0.05) is 16.8 Å². The number of nitrogens with zero attached hydrogens (tertiary/aromatic N) is 1. The predicted molar refractivity (Wildman–Crippen MR) is 60.9 cm³/mol. The molecule has 5 heteroatoms. The first-order valence-electron chi connectivity index (χ1n) is 3.81. The lowest BCUT2D eigenvalue weighted by atomic mass is 10.4. The molecule has 0 atom stereocenters. The van der Waals surface area contributed by atoms with E-state index < -0.39 is 0 Å². The van der Waals surface area contributed by atoms with E-state index in [9.17, 15) is 0 Å². The number of hydrogen-bond donors (Lipinski definition) is 0. The fourth-order valence-corrected chi connectivity index (χ4v) is 2.80. The van der Waals surface area contributed by atoms with E-state index in [0.29, 0.717) is 6.61 Å². The van der Waals surface area contributed by atoms with Crippen molar-refractivity contribution in [1.29, 1.82) is 0 Å². The number of thiophene rings is 1. The summed E-state index contributed by atoms with van der Waals surface area (Å²) in [6, 6.07) is 1.88. The Bertz CT molecular complexity index is 300. The first kappa shape index (κ1) is 11.0. The van der Waals surface area contributed by atoms with Gasteiger partial charge in [-0.3, -0.25) is 0 Å². The van der Waals surface area contributed by atoms with E-state index in [4.69, 9.17) is 16.4 Å². The maximum absolute atomic E-state index is 5.94. The van der Waals surface area contributed by atoms with E-state index in [1.165, 1.54) is 0 Å². The molecule has 1 aromatic heterocycles. The molecule has 0 saturated heterocycles. The van der Waals surface area contributed by atoms with Crippen LogP contribution in [0.3, 0.4) is 0 Å². The van der Waals surface area contributed by atoms with Gasteiger partial charge in [0.15, 0.2) is 0 Å². The molecule has 0 aromatic carbocycles. The van der Waals surface area contributed by atoms with E-state index in [-0.39, 0.29) is 0 Å². The van der Waals surface area contributed by atoms with Gasteiger partial charge < -0.3 is 4.84 Å². The summed E-state index contributed by atoms with van der Waals surface area (Å²) < 4.78 is 1.04. The van der Waals surface area contributed by atoms with Crippen molar-refractivity contribution in [3.05, 3.63) is 19.8 Å². The summed E-state index contributed by atoms with van der Waals surface area (Å²) in [6.45, 7) is 2.49. The molecule has 13 heavy (non-hydrogen) atoms.